The largest absolute Gasteiger partial charge is 0.504 e. The van der Waals surface area contributed by atoms with Crippen LogP contribution in [0.1, 0.15) is 44.2 Å². The van der Waals surface area contributed by atoms with Crippen molar-refractivity contribution in [2.24, 2.45) is 5.92 Å². The van der Waals surface area contributed by atoms with Crippen molar-refractivity contribution in [3.63, 3.8) is 0 Å². The Kier molecular flexibility index (Phi) is 4.18. The van der Waals surface area contributed by atoms with Crippen LogP contribution >= 0.6 is 11.6 Å². The Labute approximate surface area is 174 Å². The Balaban J connectivity index is 1.60. The molecule has 156 valence electrons. The Morgan fingerprint density at radius 1 is 1.41 bits per heavy atom. The number of piperidine rings is 1. The van der Waals surface area contributed by atoms with E-state index in [-0.39, 0.29) is 47.3 Å². The van der Waals surface area contributed by atoms with Crippen LogP contribution in [-0.4, -0.2) is 52.3 Å². The standard InChI is InChI=1S/C21H25ClN2O5/c1-10(22)28-20(27)24-8-7-21-13-4-5-14(23-11(2)25)19(21)29-18-16(26)6-3-12(17(18)21)9-15(13)24/h3,6,10,13-15,19,26H,4-5,7-9H2,1-2H3,(H,23,25)/t10?,13-,14-,15+,19-,21-/m0/s1. The predicted octanol–water partition coefficient (Wildman–Crippen LogP) is 2.66. The molecule has 4 aliphatic rings. The van der Waals surface area contributed by atoms with Crippen molar-refractivity contribution >= 4 is 23.6 Å². The number of nitrogens with zero attached hydrogens (tertiary/aromatic N) is 1. The highest BCUT2D eigenvalue weighted by atomic mass is 35.5. The van der Waals surface area contributed by atoms with Gasteiger partial charge in [0.25, 0.3) is 0 Å². The van der Waals surface area contributed by atoms with Crippen LogP contribution < -0.4 is 10.1 Å². The molecule has 5 rings (SSSR count). The number of carbonyl (C=O) groups excluding carboxylic acids is 2. The van der Waals surface area contributed by atoms with E-state index in [1.165, 1.54) is 6.92 Å². The number of likely N-dealkylation sites (tertiary alicyclic amines) is 1. The van der Waals surface area contributed by atoms with Gasteiger partial charge >= 0.3 is 6.09 Å². The van der Waals surface area contributed by atoms with Crippen LogP contribution in [0.2, 0.25) is 0 Å². The number of amides is 2. The van der Waals surface area contributed by atoms with Crippen LogP contribution in [0.4, 0.5) is 4.79 Å². The van der Waals surface area contributed by atoms with Crippen molar-refractivity contribution in [3.8, 4) is 11.5 Å². The lowest BCUT2D eigenvalue weighted by Crippen LogP contribution is -2.69. The quantitative estimate of drug-likeness (QED) is 0.718. The zero-order valence-electron chi connectivity index (χ0n) is 16.5. The molecule has 1 unspecified atom stereocenters. The molecule has 2 aliphatic heterocycles. The molecule has 0 radical (unpaired) electrons. The third-order valence-electron chi connectivity index (χ3n) is 7.20. The molecule has 1 saturated heterocycles. The van der Waals surface area contributed by atoms with Gasteiger partial charge in [-0.2, -0.15) is 0 Å². The van der Waals surface area contributed by atoms with E-state index in [2.05, 4.69) is 5.32 Å². The van der Waals surface area contributed by atoms with Gasteiger partial charge in [0, 0.05) is 30.5 Å². The molecule has 1 spiro atoms. The fourth-order valence-corrected chi connectivity index (χ4v) is 6.47. The summed E-state index contributed by atoms with van der Waals surface area (Å²) in [6.07, 6.45) is 2.40. The molecule has 0 aromatic heterocycles. The van der Waals surface area contributed by atoms with Crippen LogP contribution in [0, 0.1) is 5.92 Å². The van der Waals surface area contributed by atoms with Gasteiger partial charge in [-0.1, -0.05) is 17.7 Å². The van der Waals surface area contributed by atoms with E-state index in [0.717, 1.165) is 24.0 Å². The van der Waals surface area contributed by atoms with Gasteiger partial charge in [0.1, 0.15) is 6.10 Å². The molecule has 2 bridgehead atoms. The van der Waals surface area contributed by atoms with Crippen molar-refractivity contribution in [2.75, 3.05) is 6.54 Å². The lowest BCUT2D eigenvalue weighted by Gasteiger charge is -2.59. The smallest absolute Gasteiger partial charge is 0.411 e. The van der Waals surface area contributed by atoms with Crippen LogP contribution in [0.15, 0.2) is 12.1 Å². The molecule has 2 aliphatic carbocycles. The molecule has 2 amide bonds. The molecule has 29 heavy (non-hydrogen) atoms. The SMILES string of the molecule is CC(=O)N[C@H]1CC[C@H]2[C@H]3Cc4ccc(O)c5c4[C@@]2(CCN3C(=O)OC(C)Cl)[C@H]1O5. The first-order valence-corrected chi connectivity index (χ1v) is 10.7. The molecule has 6 atom stereocenters. The number of nitrogens with one attached hydrogen (secondary N) is 1. The Bertz CT molecular complexity index is 890. The second-order valence-corrected chi connectivity index (χ2v) is 9.27. The summed E-state index contributed by atoms with van der Waals surface area (Å²) < 4.78 is 11.7. The summed E-state index contributed by atoms with van der Waals surface area (Å²) in [5, 5.41) is 13.6. The lowest BCUT2D eigenvalue weighted by molar-refractivity contribution is -0.122. The number of carbonyl (C=O) groups is 2. The fourth-order valence-electron chi connectivity index (χ4n) is 6.39. The van der Waals surface area contributed by atoms with E-state index in [1.807, 2.05) is 11.0 Å². The number of hydrogen-bond acceptors (Lipinski definition) is 5. The van der Waals surface area contributed by atoms with Crippen LogP contribution in [-0.2, 0) is 21.4 Å². The Hall–Kier alpha value is -2.15. The molecule has 8 heteroatoms. The highest BCUT2D eigenvalue weighted by Crippen LogP contribution is 2.63. The number of hydrogen-bond donors (Lipinski definition) is 2. The summed E-state index contributed by atoms with van der Waals surface area (Å²) in [4.78, 5) is 26.4. The topological polar surface area (TPSA) is 88.1 Å². The van der Waals surface area contributed by atoms with Gasteiger partial charge in [0.05, 0.1) is 6.04 Å². The minimum Gasteiger partial charge on any atom is -0.504 e. The number of rotatable bonds is 2. The summed E-state index contributed by atoms with van der Waals surface area (Å²) in [5.41, 5.74) is 1.18. The summed E-state index contributed by atoms with van der Waals surface area (Å²) in [7, 11) is 0. The van der Waals surface area contributed by atoms with E-state index in [0.29, 0.717) is 25.1 Å². The number of aromatic hydroxyl groups is 1. The van der Waals surface area contributed by atoms with E-state index < -0.39 is 5.56 Å². The summed E-state index contributed by atoms with van der Waals surface area (Å²) in [6.45, 7) is 3.69. The molecule has 2 fully saturated rings. The average Bonchev–Trinajstić information content (AvgIpc) is 2.99. The number of phenols is 1. The predicted molar refractivity (Wildman–Crippen MR) is 105 cm³/mol. The summed E-state index contributed by atoms with van der Waals surface area (Å²) >= 11 is 5.90. The zero-order chi connectivity index (χ0) is 20.5. The average molecular weight is 421 g/mol. The second-order valence-electron chi connectivity index (χ2n) is 8.66. The number of halogens is 1. The normalized spacial score (nSPS) is 34.7. The highest BCUT2D eigenvalue weighted by molar-refractivity contribution is 6.19. The van der Waals surface area contributed by atoms with Crippen LogP contribution in [0.25, 0.3) is 0 Å². The third-order valence-corrected chi connectivity index (χ3v) is 7.29. The van der Waals surface area contributed by atoms with Gasteiger partial charge in [0.2, 0.25) is 5.91 Å². The number of ether oxygens (including phenoxy) is 2. The van der Waals surface area contributed by atoms with E-state index in [4.69, 9.17) is 21.1 Å². The minimum absolute atomic E-state index is 0.0148. The van der Waals surface area contributed by atoms with Crippen molar-refractivity contribution in [1.29, 1.82) is 0 Å². The van der Waals surface area contributed by atoms with Gasteiger partial charge in [0.15, 0.2) is 17.1 Å². The first-order valence-electron chi connectivity index (χ1n) is 10.2. The van der Waals surface area contributed by atoms with Crippen molar-refractivity contribution < 1.29 is 24.2 Å². The highest BCUT2D eigenvalue weighted by Gasteiger charge is 2.66. The maximum Gasteiger partial charge on any atom is 0.411 e. The van der Waals surface area contributed by atoms with Gasteiger partial charge in [-0.05, 0) is 50.2 Å². The van der Waals surface area contributed by atoms with Crippen LogP contribution in [0.5, 0.6) is 11.5 Å². The van der Waals surface area contributed by atoms with Gasteiger partial charge < -0.3 is 24.8 Å². The summed E-state index contributed by atoms with van der Waals surface area (Å²) in [6, 6.07) is 3.46. The van der Waals surface area contributed by atoms with E-state index >= 15 is 0 Å². The zero-order valence-corrected chi connectivity index (χ0v) is 17.2. The number of benzene rings is 1. The maximum absolute atomic E-state index is 12.7. The molecule has 1 aromatic rings. The molecule has 7 nitrogen and oxygen atoms in total. The van der Waals surface area contributed by atoms with Crippen molar-refractivity contribution in [3.05, 3.63) is 23.3 Å². The molecule has 1 saturated carbocycles. The van der Waals surface area contributed by atoms with E-state index in [9.17, 15) is 14.7 Å². The first kappa shape index (κ1) is 18.9. The Morgan fingerprint density at radius 3 is 2.93 bits per heavy atom. The number of alkyl halides is 1. The van der Waals surface area contributed by atoms with Crippen molar-refractivity contribution in [2.45, 2.75) is 68.7 Å². The summed E-state index contributed by atoms with van der Waals surface area (Å²) in [5.74, 6) is 0.793. The molecular formula is C21H25ClN2O5. The van der Waals surface area contributed by atoms with Crippen molar-refractivity contribution in [1.82, 2.24) is 10.2 Å². The first-order chi connectivity index (χ1) is 13.8. The molecule has 2 N–H and O–H groups in total. The van der Waals surface area contributed by atoms with E-state index in [1.54, 1.807) is 13.0 Å². The van der Waals surface area contributed by atoms with Gasteiger partial charge in [-0.15, -0.1) is 0 Å². The third kappa shape index (κ3) is 2.56. The van der Waals surface area contributed by atoms with Gasteiger partial charge in [-0.3, -0.25) is 4.79 Å². The lowest BCUT2D eigenvalue weighted by atomic mass is 9.51. The maximum atomic E-state index is 12.7. The number of phenolic OH excluding ortho intramolecular Hbond substituents is 1. The molecular weight excluding hydrogens is 396 g/mol. The van der Waals surface area contributed by atoms with Gasteiger partial charge in [-0.25, -0.2) is 4.79 Å². The second kappa shape index (κ2) is 6.42. The fraction of sp³-hybridized carbons (Fsp3) is 0.619. The monoisotopic (exact) mass is 420 g/mol. The molecule has 2 heterocycles. The van der Waals surface area contributed by atoms with Crippen LogP contribution in [0.3, 0.4) is 0 Å². The molecule has 1 aromatic carbocycles. The minimum atomic E-state index is -0.684. The Morgan fingerprint density at radius 2 is 2.21 bits per heavy atom.